The molecule has 0 unspecified atom stereocenters. The second-order valence-corrected chi connectivity index (χ2v) is 1.73. The van der Waals surface area contributed by atoms with E-state index in [1.807, 2.05) is 43.3 Å². The van der Waals surface area contributed by atoms with Gasteiger partial charge in [0.25, 0.3) is 0 Å². The van der Waals surface area contributed by atoms with E-state index >= 15 is 0 Å². The summed E-state index contributed by atoms with van der Waals surface area (Å²) in [5, 5.41) is 0. The van der Waals surface area contributed by atoms with Gasteiger partial charge >= 0.3 is 0 Å². The summed E-state index contributed by atoms with van der Waals surface area (Å²) >= 11 is 0. The highest BCUT2D eigenvalue weighted by molar-refractivity contribution is 4.99. The molecule has 0 radical (unpaired) electrons. The number of benzene rings is 1. The molecule has 56 valence electrons. The number of hydrogen-bond acceptors (Lipinski definition) is 1. The van der Waals surface area contributed by atoms with Gasteiger partial charge in [-0.15, -0.1) is 0 Å². The maximum Gasteiger partial charge on any atom is 0.0433 e. The Labute approximate surface area is 62.6 Å². The van der Waals surface area contributed by atoms with Gasteiger partial charge in [0.05, 0.1) is 0 Å². The minimum Gasteiger partial charge on any atom is -0.385 e. The lowest BCUT2D eigenvalue weighted by Gasteiger charge is -1.76. The minimum atomic E-state index is 0.819. The molecule has 0 spiro atoms. The normalized spacial score (nSPS) is 7.80. The average molecular weight is 138 g/mol. The van der Waals surface area contributed by atoms with Crippen LogP contribution in [0.1, 0.15) is 6.92 Å². The zero-order chi connectivity index (χ0) is 7.66. The predicted octanol–water partition coefficient (Wildman–Crippen LogP) is 2.34. The summed E-state index contributed by atoms with van der Waals surface area (Å²) < 4.78 is 4.54. The number of hydrogen-bond donors (Lipinski definition) is 0. The van der Waals surface area contributed by atoms with E-state index < -0.39 is 0 Å². The Bertz CT molecular complexity index is 96.7. The molecule has 0 aliphatic carbocycles. The Kier molecular flexibility index (Phi) is 7.51. The Hall–Kier alpha value is -0.820. The van der Waals surface area contributed by atoms with Crippen LogP contribution < -0.4 is 0 Å². The Morgan fingerprint density at radius 2 is 1.10 bits per heavy atom. The highest BCUT2D eigenvalue weighted by Crippen LogP contribution is 1.79. The molecule has 0 amide bonds. The molecule has 10 heavy (non-hydrogen) atoms. The van der Waals surface area contributed by atoms with Crippen LogP contribution >= 0.6 is 0 Å². The third kappa shape index (κ3) is 7.18. The monoisotopic (exact) mass is 138 g/mol. The van der Waals surface area contributed by atoms with Gasteiger partial charge in [-0.1, -0.05) is 36.4 Å². The van der Waals surface area contributed by atoms with Crippen LogP contribution in [-0.2, 0) is 4.74 Å². The van der Waals surface area contributed by atoms with Crippen molar-refractivity contribution in [2.45, 2.75) is 6.92 Å². The van der Waals surface area contributed by atoms with Crippen LogP contribution in [0.3, 0.4) is 0 Å². The number of methoxy groups -OCH3 is 1. The molecule has 0 aromatic heterocycles. The average Bonchev–Trinajstić information content (AvgIpc) is 2.08. The van der Waals surface area contributed by atoms with Crippen molar-refractivity contribution >= 4 is 0 Å². The lowest BCUT2D eigenvalue weighted by molar-refractivity contribution is 0.215. The highest BCUT2D eigenvalue weighted by atomic mass is 16.5. The molecule has 1 nitrogen and oxygen atoms in total. The van der Waals surface area contributed by atoms with Crippen molar-refractivity contribution in [2.24, 2.45) is 0 Å². The first kappa shape index (κ1) is 9.18. The molecule has 1 rings (SSSR count). The molecule has 1 heteroatoms. The molecule has 0 saturated carbocycles. The van der Waals surface area contributed by atoms with Crippen LogP contribution in [0.5, 0.6) is 0 Å². The van der Waals surface area contributed by atoms with E-state index in [4.69, 9.17) is 0 Å². The molecule has 0 aliphatic heterocycles. The van der Waals surface area contributed by atoms with Gasteiger partial charge in [-0.3, -0.25) is 0 Å². The van der Waals surface area contributed by atoms with Gasteiger partial charge in [0.1, 0.15) is 0 Å². The molecular formula is C9H14O. The van der Waals surface area contributed by atoms with Crippen LogP contribution in [0.15, 0.2) is 36.4 Å². The van der Waals surface area contributed by atoms with Gasteiger partial charge in [-0.05, 0) is 6.92 Å². The van der Waals surface area contributed by atoms with Crippen molar-refractivity contribution in [3.8, 4) is 0 Å². The zero-order valence-corrected chi connectivity index (χ0v) is 6.58. The van der Waals surface area contributed by atoms with E-state index in [0.717, 1.165) is 6.61 Å². The Morgan fingerprint density at radius 1 is 0.900 bits per heavy atom. The lowest BCUT2D eigenvalue weighted by atomic mass is 10.4. The summed E-state index contributed by atoms with van der Waals surface area (Å²) in [6.45, 7) is 2.78. The van der Waals surface area contributed by atoms with Gasteiger partial charge in [0, 0.05) is 13.7 Å². The molecule has 0 fully saturated rings. The van der Waals surface area contributed by atoms with Gasteiger partial charge in [0.2, 0.25) is 0 Å². The first-order valence-corrected chi connectivity index (χ1v) is 3.40. The van der Waals surface area contributed by atoms with E-state index in [9.17, 15) is 0 Å². The number of ether oxygens (including phenoxy) is 1. The van der Waals surface area contributed by atoms with Crippen molar-refractivity contribution in [2.75, 3.05) is 13.7 Å². The van der Waals surface area contributed by atoms with Gasteiger partial charge < -0.3 is 4.74 Å². The van der Waals surface area contributed by atoms with E-state index in [1.54, 1.807) is 7.11 Å². The van der Waals surface area contributed by atoms with E-state index in [-0.39, 0.29) is 0 Å². The fraction of sp³-hybridized carbons (Fsp3) is 0.333. The van der Waals surface area contributed by atoms with Gasteiger partial charge in [0.15, 0.2) is 0 Å². The second kappa shape index (κ2) is 8.18. The summed E-state index contributed by atoms with van der Waals surface area (Å²) in [7, 11) is 1.68. The molecule has 0 atom stereocenters. The molecule has 0 heterocycles. The molecule has 0 saturated heterocycles. The maximum absolute atomic E-state index is 4.54. The lowest BCUT2D eigenvalue weighted by Crippen LogP contribution is -1.73. The molecule has 1 aromatic rings. The van der Waals surface area contributed by atoms with E-state index in [2.05, 4.69) is 4.74 Å². The second-order valence-electron chi connectivity index (χ2n) is 1.73. The fourth-order valence-electron chi connectivity index (χ4n) is 0.385. The summed E-state index contributed by atoms with van der Waals surface area (Å²) in [5.74, 6) is 0. The zero-order valence-electron chi connectivity index (χ0n) is 6.58. The molecule has 0 bridgehead atoms. The van der Waals surface area contributed by atoms with Crippen molar-refractivity contribution in [1.29, 1.82) is 0 Å². The molecular weight excluding hydrogens is 124 g/mol. The Morgan fingerprint density at radius 3 is 1.20 bits per heavy atom. The SMILES string of the molecule is CCOC.c1ccccc1. The van der Waals surface area contributed by atoms with Crippen molar-refractivity contribution in [3.05, 3.63) is 36.4 Å². The van der Waals surface area contributed by atoms with E-state index in [0.29, 0.717) is 0 Å². The summed E-state index contributed by atoms with van der Waals surface area (Å²) in [6.07, 6.45) is 0. The largest absolute Gasteiger partial charge is 0.385 e. The molecule has 0 aliphatic rings. The third-order valence-electron chi connectivity index (χ3n) is 0.955. The van der Waals surface area contributed by atoms with Crippen LogP contribution in [0.4, 0.5) is 0 Å². The topological polar surface area (TPSA) is 9.23 Å². The van der Waals surface area contributed by atoms with Crippen LogP contribution in [0.2, 0.25) is 0 Å². The van der Waals surface area contributed by atoms with Crippen molar-refractivity contribution < 1.29 is 4.74 Å². The first-order valence-electron chi connectivity index (χ1n) is 3.40. The van der Waals surface area contributed by atoms with Crippen LogP contribution in [0, 0.1) is 0 Å². The van der Waals surface area contributed by atoms with E-state index in [1.165, 1.54) is 0 Å². The highest BCUT2D eigenvalue weighted by Gasteiger charge is 1.57. The first-order chi connectivity index (χ1) is 4.91. The Balaban J connectivity index is 0.000000180. The third-order valence-corrected chi connectivity index (χ3v) is 0.955. The smallest absolute Gasteiger partial charge is 0.0433 e. The van der Waals surface area contributed by atoms with Crippen LogP contribution in [-0.4, -0.2) is 13.7 Å². The summed E-state index contributed by atoms with van der Waals surface area (Å²) in [6, 6.07) is 12.0. The van der Waals surface area contributed by atoms with Crippen molar-refractivity contribution in [3.63, 3.8) is 0 Å². The minimum absolute atomic E-state index is 0.819. The molecule has 0 N–H and O–H groups in total. The van der Waals surface area contributed by atoms with Crippen LogP contribution in [0.25, 0.3) is 0 Å². The van der Waals surface area contributed by atoms with Gasteiger partial charge in [-0.2, -0.15) is 0 Å². The maximum atomic E-state index is 4.54. The molecule has 1 aromatic carbocycles. The predicted molar refractivity (Wildman–Crippen MR) is 44.0 cm³/mol. The quantitative estimate of drug-likeness (QED) is 0.578. The summed E-state index contributed by atoms with van der Waals surface area (Å²) in [4.78, 5) is 0. The van der Waals surface area contributed by atoms with Crippen molar-refractivity contribution in [1.82, 2.24) is 0 Å². The van der Waals surface area contributed by atoms with Gasteiger partial charge in [-0.25, -0.2) is 0 Å². The standard InChI is InChI=1S/C6H6.C3H8O/c1-2-4-6-5-3-1;1-3-4-2/h1-6H;3H2,1-2H3. The number of rotatable bonds is 1. The summed E-state index contributed by atoms with van der Waals surface area (Å²) in [5.41, 5.74) is 0. The fourth-order valence-corrected chi connectivity index (χ4v) is 0.385.